The first kappa shape index (κ1) is 20.8. The molecule has 2 rings (SSSR count). The van der Waals surface area contributed by atoms with Crippen molar-refractivity contribution < 1.29 is 14.3 Å². The molecule has 0 bridgehead atoms. The highest BCUT2D eigenvalue weighted by atomic mass is 16.6. The van der Waals surface area contributed by atoms with Crippen LogP contribution in [0.4, 0.5) is 4.79 Å². The summed E-state index contributed by atoms with van der Waals surface area (Å²) in [6.45, 7) is 8.28. The summed E-state index contributed by atoms with van der Waals surface area (Å²) in [6.07, 6.45) is 3.60. The third kappa shape index (κ3) is 6.30. The number of piperazine rings is 1. The number of aliphatic imine (C=N–C) groups is 1. The summed E-state index contributed by atoms with van der Waals surface area (Å²) in [7, 11) is 1.77. The van der Waals surface area contributed by atoms with Gasteiger partial charge in [0.15, 0.2) is 5.96 Å². The van der Waals surface area contributed by atoms with E-state index in [-0.39, 0.29) is 6.09 Å². The molecule has 1 aromatic rings. The summed E-state index contributed by atoms with van der Waals surface area (Å²) in [6, 6.07) is 3.91. The predicted molar refractivity (Wildman–Crippen MR) is 105 cm³/mol. The second-order valence-electron chi connectivity index (χ2n) is 6.24. The zero-order chi connectivity index (χ0) is 19.5. The maximum Gasteiger partial charge on any atom is 0.409 e. The van der Waals surface area contributed by atoms with Gasteiger partial charge in [0.2, 0.25) is 5.88 Å². The van der Waals surface area contributed by atoms with Gasteiger partial charge in [-0.2, -0.15) is 0 Å². The van der Waals surface area contributed by atoms with Gasteiger partial charge in [0.1, 0.15) is 0 Å². The van der Waals surface area contributed by atoms with E-state index >= 15 is 0 Å². The molecule has 1 aliphatic heterocycles. The van der Waals surface area contributed by atoms with Gasteiger partial charge >= 0.3 is 6.09 Å². The Hall–Kier alpha value is -2.51. The molecule has 0 atom stereocenters. The van der Waals surface area contributed by atoms with Crippen LogP contribution < -0.4 is 10.1 Å². The van der Waals surface area contributed by atoms with E-state index in [2.05, 4.69) is 27.1 Å². The number of hydrogen-bond acceptors (Lipinski definition) is 5. The van der Waals surface area contributed by atoms with Crippen LogP contribution in [-0.2, 0) is 11.3 Å². The summed E-state index contributed by atoms with van der Waals surface area (Å²) in [5.74, 6) is 1.47. The predicted octanol–water partition coefficient (Wildman–Crippen LogP) is 2.11. The Morgan fingerprint density at radius 1 is 1.26 bits per heavy atom. The number of guanidine groups is 1. The molecule has 8 nitrogen and oxygen atoms in total. The van der Waals surface area contributed by atoms with Crippen molar-refractivity contribution in [2.24, 2.45) is 4.99 Å². The first-order valence-corrected chi connectivity index (χ1v) is 9.63. The normalized spacial score (nSPS) is 14.9. The average molecular weight is 377 g/mol. The first-order chi connectivity index (χ1) is 13.2. The SMILES string of the molecule is CCCCOc1ncccc1CNC(=NC)N1CCN(C(=O)OCC)CC1. The molecule has 0 aromatic carbocycles. The third-order valence-electron chi connectivity index (χ3n) is 4.34. The molecule has 8 heteroatoms. The lowest BCUT2D eigenvalue weighted by Crippen LogP contribution is -2.53. The Morgan fingerprint density at radius 3 is 2.67 bits per heavy atom. The van der Waals surface area contributed by atoms with Crippen LogP contribution in [0.25, 0.3) is 0 Å². The van der Waals surface area contributed by atoms with E-state index in [1.54, 1.807) is 18.1 Å². The highest BCUT2D eigenvalue weighted by molar-refractivity contribution is 5.80. The molecular formula is C19H31N5O3. The monoisotopic (exact) mass is 377 g/mol. The van der Waals surface area contributed by atoms with E-state index in [0.29, 0.717) is 51.8 Å². The fraction of sp³-hybridized carbons (Fsp3) is 0.632. The van der Waals surface area contributed by atoms with Crippen LogP contribution in [0.2, 0.25) is 0 Å². The molecule has 1 saturated heterocycles. The quantitative estimate of drug-likeness (QED) is 0.445. The highest BCUT2D eigenvalue weighted by Crippen LogP contribution is 2.15. The number of hydrogen-bond donors (Lipinski definition) is 1. The van der Waals surface area contributed by atoms with Gasteiger partial charge in [-0.3, -0.25) is 4.99 Å². The van der Waals surface area contributed by atoms with E-state index in [1.165, 1.54) is 0 Å². The van der Waals surface area contributed by atoms with Crippen LogP contribution in [0, 0.1) is 0 Å². The van der Waals surface area contributed by atoms with Gasteiger partial charge in [-0.05, 0) is 19.4 Å². The zero-order valence-corrected chi connectivity index (χ0v) is 16.6. The molecule has 1 aromatic heterocycles. The van der Waals surface area contributed by atoms with E-state index in [1.807, 2.05) is 19.1 Å². The molecule has 1 aliphatic rings. The number of amides is 1. The van der Waals surface area contributed by atoms with Crippen molar-refractivity contribution in [3.8, 4) is 5.88 Å². The Labute approximate surface area is 161 Å². The zero-order valence-electron chi connectivity index (χ0n) is 16.6. The third-order valence-corrected chi connectivity index (χ3v) is 4.34. The van der Waals surface area contributed by atoms with E-state index in [4.69, 9.17) is 9.47 Å². The van der Waals surface area contributed by atoms with Gasteiger partial charge in [-0.15, -0.1) is 0 Å². The van der Waals surface area contributed by atoms with E-state index in [9.17, 15) is 4.79 Å². The summed E-state index contributed by atoms with van der Waals surface area (Å²) < 4.78 is 10.9. The Kier molecular flexibility index (Phi) is 8.67. The Balaban J connectivity index is 1.87. The van der Waals surface area contributed by atoms with Crippen LogP contribution in [0.3, 0.4) is 0 Å². The summed E-state index contributed by atoms with van der Waals surface area (Å²) in [5.41, 5.74) is 1.000. The smallest absolute Gasteiger partial charge is 0.409 e. The molecule has 0 spiro atoms. The highest BCUT2D eigenvalue weighted by Gasteiger charge is 2.23. The van der Waals surface area contributed by atoms with Crippen LogP contribution in [-0.4, -0.2) is 73.3 Å². The maximum atomic E-state index is 11.8. The Bertz CT molecular complexity index is 615. The molecule has 1 amide bonds. The van der Waals surface area contributed by atoms with Crippen molar-refractivity contribution in [1.82, 2.24) is 20.1 Å². The number of nitrogens with zero attached hydrogens (tertiary/aromatic N) is 4. The minimum atomic E-state index is -0.246. The molecule has 0 radical (unpaired) electrons. The van der Waals surface area contributed by atoms with Gasteiger partial charge in [-0.1, -0.05) is 19.4 Å². The number of aromatic nitrogens is 1. The fourth-order valence-corrected chi connectivity index (χ4v) is 2.82. The first-order valence-electron chi connectivity index (χ1n) is 9.63. The summed E-state index contributed by atoms with van der Waals surface area (Å²) >= 11 is 0. The van der Waals surface area contributed by atoms with Crippen LogP contribution in [0.15, 0.2) is 23.3 Å². The number of nitrogens with one attached hydrogen (secondary N) is 1. The van der Waals surface area contributed by atoms with E-state index < -0.39 is 0 Å². The van der Waals surface area contributed by atoms with E-state index in [0.717, 1.165) is 24.4 Å². The van der Waals surface area contributed by atoms with Crippen molar-refractivity contribution in [3.05, 3.63) is 23.9 Å². The molecule has 0 saturated carbocycles. The Morgan fingerprint density at radius 2 is 2.00 bits per heavy atom. The van der Waals surface area contributed by atoms with Crippen LogP contribution >= 0.6 is 0 Å². The number of pyridine rings is 1. The lowest BCUT2D eigenvalue weighted by molar-refractivity contribution is 0.0914. The van der Waals surface area contributed by atoms with Crippen molar-refractivity contribution in [2.75, 3.05) is 46.4 Å². The summed E-state index contributed by atoms with van der Waals surface area (Å²) in [5, 5.41) is 3.38. The van der Waals surface area contributed by atoms with Crippen LogP contribution in [0.5, 0.6) is 5.88 Å². The van der Waals surface area contributed by atoms with Gasteiger partial charge < -0.3 is 24.6 Å². The van der Waals surface area contributed by atoms with Crippen molar-refractivity contribution in [1.29, 1.82) is 0 Å². The molecule has 1 N–H and O–H groups in total. The summed E-state index contributed by atoms with van der Waals surface area (Å²) in [4.78, 5) is 24.4. The topological polar surface area (TPSA) is 79.3 Å². The minimum Gasteiger partial charge on any atom is -0.477 e. The van der Waals surface area contributed by atoms with Gasteiger partial charge in [0.05, 0.1) is 13.2 Å². The van der Waals surface area contributed by atoms with Gasteiger partial charge in [0, 0.05) is 51.5 Å². The fourth-order valence-electron chi connectivity index (χ4n) is 2.82. The maximum absolute atomic E-state index is 11.8. The second-order valence-corrected chi connectivity index (χ2v) is 6.24. The van der Waals surface area contributed by atoms with Crippen molar-refractivity contribution in [3.63, 3.8) is 0 Å². The van der Waals surface area contributed by atoms with Crippen LogP contribution in [0.1, 0.15) is 32.3 Å². The number of carbonyl (C=O) groups excluding carboxylic acids is 1. The van der Waals surface area contributed by atoms with Crippen molar-refractivity contribution >= 4 is 12.1 Å². The molecule has 27 heavy (non-hydrogen) atoms. The number of ether oxygens (including phenoxy) is 2. The lowest BCUT2D eigenvalue weighted by atomic mass is 10.2. The molecule has 0 aliphatic carbocycles. The standard InChI is InChI=1S/C19H31N5O3/c1-4-6-14-27-17-16(8-7-9-21-17)15-22-18(20-3)23-10-12-24(13-11-23)19(25)26-5-2/h7-9H,4-6,10-15H2,1-3H3,(H,20,22). The molecular weight excluding hydrogens is 346 g/mol. The number of carbonyl (C=O) groups is 1. The average Bonchev–Trinajstić information content (AvgIpc) is 2.70. The lowest BCUT2D eigenvalue weighted by Gasteiger charge is -2.35. The van der Waals surface area contributed by atoms with Gasteiger partial charge in [-0.25, -0.2) is 9.78 Å². The molecule has 1 fully saturated rings. The number of unbranched alkanes of at least 4 members (excludes halogenated alkanes) is 1. The molecule has 0 unspecified atom stereocenters. The number of rotatable bonds is 7. The largest absolute Gasteiger partial charge is 0.477 e. The van der Waals surface area contributed by atoms with Gasteiger partial charge in [0.25, 0.3) is 0 Å². The second kappa shape index (κ2) is 11.3. The molecule has 2 heterocycles. The van der Waals surface area contributed by atoms with Crippen molar-refractivity contribution in [2.45, 2.75) is 33.2 Å². The minimum absolute atomic E-state index is 0.246. The molecule has 150 valence electrons.